The average molecular weight is 196 g/mol. The minimum absolute atomic E-state index is 0.00440. The van der Waals surface area contributed by atoms with Crippen molar-refractivity contribution in [3.63, 3.8) is 0 Å². The number of nitrogens with zero attached hydrogens (tertiary/aromatic N) is 1. The fraction of sp³-hybridized carbons (Fsp3) is 0.300. The molecule has 0 aliphatic carbocycles. The number of nitriles is 1. The predicted octanol–water partition coefficient (Wildman–Crippen LogP) is 2.47. The Balaban J connectivity index is 2.66. The molecule has 0 atom stereocenters. The summed E-state index contributed by atoms with van der Waals surface area (Å²) in [5, 5.41) is 11.4. The van der Waals surface area contributed by atoms with Gasteiger partial charge in [-0.15, -0.1) is 0 Å². The second-order valence-corrected chi connectivity index (χ2v) is 2.78. The van der Waals surface area contributed by atoms with Gasteiger partial charge in [0.2, 0.25) is 0 Å². The van der Waals surface area contributed by atoms with Crippen molar-refractivity contribution in [1.29, 1.82) is 5.26 Å². The number of hydrogen-bond acceptors (Lipinski definition) is 2. The molecule has 0 heterocycles. The molecular weight excluding hydrogens is 186 g/mol. The van der Waals surface area contributed by atoms with Crippen LogP contribution in [-0.4, -0.2) is 13.2 Å². The molecule has 0 aliphatic heterocycles. The zero-order valence-corrected chi connectivity index (χ0v) is 7.56. The minimum atomic E-state index is -0.538. The van der Waals surface area contributed by atoms with Crippen LogP contribution in [0.3, 0.4) is 0 Å². The van der Waals surface area contributed by atoms with Crippen molar-refractivity contribution < 1.29 is 8.78 Å². The van der Waals surface area contributed by atoms with Gasteiger partial charge in [-0.2, -0.15) is 5.26 Å². The molecule has 0 saturated carbocycles. The fourth-order valence-corrected chi connectivity index (χ4v) is 1.02. The maximum Gasteiger partial charge on any atom is 0.141 e. The highest BCUT2D eigenvalue weighted by Crippen LogP contribution is 2.13. The van der Waals surface area contributed by atoms with Crippen molar-refractivity contribution in [3.05, 3.63) is 29.6 Å². The lowest BCUT2D eigenvalue weighted by Gasteiger charge is -2.04. The molecule has 0 saturated heterocycles. The third-order valence-corrected chi connectivity index (χ3v) is 1.73. The molecule has 0 unspecified atom stereocenters. The summed E-state index contributed by atoms with van der Waals surface area (Å²) >= 11 is 0. The molecule has 0 fully saturated rings. The van der Waals surface area contributed by atoms with E-state index in [-0.39, 0.29) is 12.2 Å². The van der Waals surface area contributed by atoms with E-state index < -0.39 is 5.82 Å². The first-order valence-electron chi connectivity index (χ1n) is 4.27. The van der Waals surface area contributed by atoms with E-state index in [0.29, 0.717) is 18.7 Å². The molecule has 0 bridgehead atoms. The molecule has 0 aromatic heterocycles. The fourth-order valence-electron chi connectivity index (χ4n) is 1.02. The maximum atomic E-state index is 12.8. The van der Waals surface area contributed by atoms with Gasteiger partial charge < -0.3 is 5.32 Å². The highest BCUT2D eigenvalue weighted by molar-refractivity contribution is 5.49. The lowest BCUT2D eigenvalue weighted by molar-refractivity contribution is 0.481. The first-order chi connectivity index (χ1) is 6.77. The first kappa shape index (κ1) is 10.5. The number of hydrogen-bond donors (Lipinski definition) is 1. The van der Waals surface area contributed by atoms with E-state index in [0.717, 1.165) is 0 Å². The van der Waals surface area contributed by atoms with E-state index in [1.807, 2.05) is 0 Å². The van der Waals surface area contributed by atoms with Crippen molar-refractivity contribution in [2.75, 3.05) is 18.5 Å². The van der Waals surface area contributed by atoms with Gasteiger partial charge in [0.05, 0.1) is 12.2 Å². The number of alkyl halides is 1. The van der Waals surface area contributed by atoms with Crippen LogP contribution in [0.2, 0.25) is 0 Å². The van der Waals surface area contributed by atoms with Gasteiger partial charge in [0.25, 0.3) is 0 Å². The number of nitrogens with one attached hydrogen (secondary N) is 1. The second-order valence-electron chi connectivity index (χ2n) is 2.78. The lowest BCUT2D eigenvalue weighted by atomic mass is 10.2. The Bertz CT molecular complexity index is 344. The molecule has 0 amide bonds. The molecule has 0 spiro atoms. The van der Waals surface area contributed by atoms with Crippen molar-refractivity contribution in [1.82, 2.24) is 0 Å². The number of anilines is 1. The van der Waals surface area contributed by atoms with Crippen LogP contribution in [0.5, 0.6) is 0 Å². The highest BCUT2D eigenvalue weighted by Gasteiger charge is 2.01. The molecule has 1 rings (SSSR count). The Kier molecular flexibility index (Phi) is 3.86. The summed E-state index contributed by atoms with van der Waals surface area (Å²) in [5.41, 5.74) is 0.631. The van der Waals surface area contributed by atoms with Crippen LogP contribution in [0.1, 0.15) is 12.0 Å². The quantitative estimate of drug-likeness (QED) is 0.751. The van der Waals surface area contributed by atoms with Crippen molar-refractivity contribution in [2.24, 2.45) is 0 Å². The SMILES string of the molecule is N#Cc1cc(NCCCF)ccc1F. The average Bonchev–Trinajstić information content (AvgIpc) is 2.21. The summed E-state index contributed by atoms with van der Waals surface area (Å²) in [6, 6.07) is 5.89. The second kappa shape index (κ2) is 5.18. The third kappa shape index (κ3) is 2.70. The van der Waals surface area contributed by atoms with E-state index in [1.165, 1.54) is 18.2 Å². The van der Waals surface area contributed by atoms with Gasteiger partial charge in [0.15, 0.2) is 0 Å². The molecule has 74 valence electrons. The van der Waals surface area contributed by atoms with Gasteiger partial charge in [-0.3, -0.25) is 4.39 Å². The molecule has 1 aromatic carbocycles. The molecule has 0 aliphatic rings. The minimum Gasteiger partial charge on any atom is -0.385 e. The van der Waals surface area contributed by atoms with E-state index in [4.69, 9.17) is 5.26 Å². The van der Waals surface area contributed by atoms with Gasteiger partial charge in [0, 0.05) is 12.2 Å². The van der Waals surface area contributed by atoms with Gasteiger partial charge in [0.1, 0.15) is 11.9 Å². The molecule has 1 aromatic rings. The van der Waals surface area contributed by atoms with Crippen LogP contribution in [0.25, 0.3) is 0 Å². The number of halogens is 2. The normalized spacial score (nSPS) is 9.50. The molecule has 0 radical (unpaired) electrons. The zero-order chi connectivity index (χ0) is 10.4. The van der Waals surface area contributed by atoms with Crippen LogP contribution in [0.4, 0.5) is 14.5 Å². The van der Waals surface area contributed by atoms with Crippen LogP contribution in [0, 0.1) is 17.1 Å². The van der Waals surface area contributed by atoms with E-state index in [2.05, 4.69) is 5.32 Å². The first-order valence-corrected chi connectivity index (χ1v) is 4.27. The third-order valence-electron chi connectivity index (χ3n) is 1.73. The molecular formula is C10H10F2N2. The predicted molar refractivity (Wildman–Crippen MR) is 50.2 cm³/mol. The molecule has 4 heteroatoms. The summed E-state index contributed by atoms with van der Waals surface area (Å²) in [6.45, 7) is 0.0896. The van der Waals surface area contributed by atoms with Crippen LogP contribution < -0.4 is 5.32 Å². The maximum absolute atomic E-state index is 12.8. The largest absolute Gasteiger partial charge is 0.385 e. The van der Waals surface area contributed by atoms with E-state index in [1.54, 1.807) is 6.07 Å². The van der Waals surface area contributed by atoms with Crippen molar-refractivity contribution >= 4 is 5.69 Å². The highest BCUT2D eigenvalue weighted by atomic mass is 19.1. The van der Waals surface area contributed by atoms with Crippen molar-refractivity contribution in [2.45, 2.75) is 6.42 Å². The Hall–Kier alpha value is -1.63. The Labute approximate surface area is 81.2 Å². The van der Waals surface area contributed by atoms with Crippen LogP contribution in [-0.2, 0) is 0 Å². The summed E-state index contributed by atoms with van der Waals surface area (Å²) in [5.74, 6) is -0.538. The monoisotopic (exact) mass is 196 g/mol. The Morgan fingerprint density at radius 2 is 2.21 bits per heavy atom. The summed E-state index contributed by atoms with van der Waals surface area (Å²) in [6.07, 6.45) is 0.402. The standard InChI is InChI=1S/C10H10F2N2/c11-4-1-5-14-9-2-3-10(12)8(6-9)7-13/h2-3,6,14H,1,4-5H2. The van der Waals surface area contributed by atoms with Crippen LogP contribution in [0.15, 0.2) is 18.2 Å². The Morgan fingerprint density at radius 1 is 1.43 bits per heavy atom. The lowest BCUT2D eigenvalue weighted by Crippen LogP contribution is -2.02. The van der Waals surface area contributed by atoms with Gasteiger partial charge in [-0.25, -0.2) is 4.39 Å². The zero-order valence-electron chi connectivity index (χ0n) is 7.56. The van der Waals surface area contributed by atoms with Crippen LogP contribution >= 0.6 is 0 Å². The number of benzene rings is 1. The van der Waals surface area contributed by atoms with Gasteiger partial charge >= 0.3 is 0 Å². The summed E-state index contributed by atoms with van der Waals surface area (Å²) in [4.78, 5) is 0. The number of rotatable bonds is 4. The van der Waals surface area contributed by atoms with Crippen molar-refractivity contribution in [3.8, 4) is 6.07 Å². The van der Waals surface area contributed by atoms with E-state index in [9.17, 15) is 8.78 Å². The molecule has 14 heavy (non-hydrogen) atoms. The van der Waals surface area contributed by atoms with E-state index >= 15 is 0 Å². The topological polar surface area (TPSA) is 35.8 Å². The Morgan fingerprint density at radius 3 is 2.86 bits per heavy atom. The molecule has 2 nitrogen and oxygen atoms in total. The van der Waals surface area contributed by atoms with Gasteiger partial charge in [-0.05, 0) is 24.6 Å². The summed E-state index contributed by atoms with van der Waals surface area (Å²) in [7, 11) is 0. The van der Waals surface area contributed by atoms with Gasteiger partial charge in [-0.1, -0.05) is 0 Å². The smallest absolute Gasteiger partial charge is 0.141 e. The summed E-state index contributed by atoms with van der Waals surface area (Å²) < 4.78 is 24.6. The molecule has 1 N–H and O–H groups in total.